The Morgan fingerprint density at radius 2 is 2.26 bits per heavy atom. The molecule has 1 aliphatic heterocycles. The highest BCUT2D eigenvalue weighted by Crippen LogP contribution is 2.28. The van der Waals surface area contributed by atoms with E-state index in [0.717, 1.165) is 12.8 Å². The van der Waals surface area contributed by atoms with Crippen LogP contribution in [-0.2, 0) is 4.74 Å². The molecule has 0 bridgehead atoms. The van der Waals surface area contributed by atoms with Crippen molar-refractivity contribution in [3.05, 3.63) is 28.4 Å². The number of anilines is 1. The third-order valence-electron chi connectivity index (χ3n) is 3.39. The van der Waals surface area contributed by atoms with Gasteiger partial charge >= 0.3 is 11.8 Å². The van der Waals surface area contributed by atoms with Crippen LogP contribution in [0.25, 0.3) is 0 Å². The largest absolute Gasteiger partial charge is 0.444 e. The van der Waals surface area contributed by atoms with Crippen LogP contribution in [0.3, 0.4) is 0 Å². The van der Waals surface area contributed by atoms with E-state index in [1.54, 1.807) is 4.90 Å². The van der Waals surface area contributed by atoms with Crippen molar-refractivity contribution in [1.82, 2.24) is 10.3 Å². The van der Waals surface area contributed by atoms with Crippen molar-refractivity contribution in [2.24, 2.45) is 0 Å². The first-order valence-electron chi connectivity index (χ1n) is 7.59. The molecular formula is C15H22N4O4. The van der Waals surface area contributed by atoms with Crippen molar-refractivity contribution in [2.75, 3.05) is 18.0 Å². The summed E-state index contributed by atoms with van der Waals surface area (Å²) in [5, 5.41) is 13.9. The van der Waals surface area contributed by atoms with Gasteiger partial charge in [-0.1, -0.05) is 0 Å². The molecule has 1 saturated heterocycles. The van der Waals surface area contributed by atoms with Gasteiger partial charge in [0.05, 0.1) is 11.5 Å². The molecule has 1 aromatic rings. The fraction of sp³-hybridized carbons (Fsp3) is 0.600. The summed E-state index contributed by atoms with van der Waals surface area (Å²) in [6.07, 6.45) is 2.25. The Bertz CT molecular complexity index is 585. The van der Waals surface area contributed by atoms with Gasteiger partial charge in [-0.25, -0.2) is 9.78 Å². The number of carbonyl (C=O) groups excluding carboxylic acids is 1. The van der Waals surface area contributed by atoms with Crippen LogP contribution in [0.2, 0.25) is 0 Å². The molecule has 126 valence electrons. The smallest absolute Gasteiger partial charge is 0.407 e. The summed E-state index contributed by atoms with van der Waals surface area (Å²) >= 11 is 0. The molecule has 1 N–H and O–H groups in total. The Labute approximate surface area is 135 Å². The van der Waals surface area contributed by atoms with E-state index in [1.807, 2.05) is 20.8 Å². The van der Waals surface area contributed by atoms with E-state index in [-0.39, 0.29) is 17.3 Å². The van der Waals surface area contributed by atoms with Gasteiger partial charge in [-0.3, -0.25) is 10.1 Å². The molecule has 8 nitrogen and oxygen atoms in total. The van der Waals surface area contributed by atoms with Gasteiger partial charge in [0.1, 0.15) is 6.10 Å². The lowest BCUT2D eigenvalue weighted by Gasteiger charge is -2.33. The number of aromatic nitrogens is 1. The van der Waals surface area contributed by atoms with Gasteiger partial charge in [-0.05, 0) is 39.7 Å². The lowest BCUT2D eigenvalue weighted by Crippen LogP contribution is -2.46. The Hall–Kier alpha value is -2.38. The molecule has 0 aliphatic carbocycles. The minimum absolute atomic E-state index is 0.0349. The molecule has 1 atom stereocenters. The van der Waals surface area contributed by atoms with Gasteiger partial charge < -0.3 is 15.0 Å². The number of hydrogen-bond donors (Lipinski definition) is 1. The highest BCUT2D eigenvalue weighted by Gasteiger charge is 2.29. The predicted molar refractivity (Wildman–Crippen MR) is 85.5 cm³/mol. The molecule has 23 heavy (non-hydrogen) atoms. The first-order valence-corrected chi connectivity index (χ1v) is 7.59. The normalized spacial score (nSPS) is 18.4. The Morgan fingerprint density at radius 1 is 1.52 bits per heavy atom. The molecule has 0 saturated carbocycles. The number of nitrogens with zero attached hydrogens (tertiary/aromatic N) is 3. The molecule has 2 heterocycles. The van der Waals surface area contributed by atoms with Crippen molar-refractivity contribution in [3.63, 3.8) is 0 Å². The first kappa shape index (κ1) is 17.0. The van der Waals surface area contributed by atoms with E-state index >= 15 is 0 Å². The molecule has 1 unspecified atom stereocenters. The molecule has 0 radical (unpaired) electrons. The summed E-state index contributed by atoms with van der Waals surface area (Å²) in [5.74, 6) is 0.321. The van der Waals surface area contributed by atoms with E-state index in [2.05, 4.69) is 10.3 Å². The zero-order valence-electron chi connectivity index (χ0n) is 13.6. The van der Waals surface area contributed by atoms with Crippen molar-refractivity contribution >= 4 is 17.6 Å². The molecule has 0 spiro atoms. The number of alkyl carbamates (subject to hydrolysis) is 1. The Kier molecular flexibility index (Phi) is 5.02. The number of nitrogens with one attached hydrogen (secondary N) is 1. The molecule has 1 amide bonds. The maximum Gasteiger partial charge on any atom is 0.407 e. The molecule has 8 heteroatoms. The van der Waals surface area contributed by atoms with Gasteiger partial charge in [-0.2, -0.15) is 0 Å². The standard InChI is InChI=1S/C15H22N4O4/c1-15(2,3)17-14(20)23-11-6-5-9-18(10-11)13-12(19(21)22)7-4-8-16-13/h4,7-8,11H,5-6,9-10H2,1-3H3,(H,17,20). The molecule has 1 aromatic heterocycles. The minimum Gasteiger partial charge on any atom is -0.444 e. The minimum atomic E-state index is -0.472. The summed E-state index contributed by atoms with van der Waals surface area (Å²) < 4.78 is 5.43. The zero-order valence-corrected chi connectivity index (χ0v) is 13.6. The number of carbonyl (C=O) groups is 1. The lowest BCUT2D eigenvalue weighted by molar-refractivity contribution is -0.384. The summed E-state index contributed by atoms with van der Waals surface area (Å²) in [4.78, 5) is 28.5. The quantitative estimate of drug-likeness (QED) is 0.678. The number of nitro groups is 1. The van der Waals surface area contributed by atoms with E-state index in [9.17, 15) is 14.9 Å². The van der Waals surface area contributed by atoms with Crippen molar-refractivity contribution in [2.45, 2.75) is 45.3 Å². The third-order valence-corrected chi connectivity index (χ3v) is 3.39. The van der Waals surface area contributed by atoms with Crippen LogP contribution < -0.4 is 10.2 Å². The van der Waals surface area contributed by atoms with Crippen LogP contribution >= 0.6 is 0 Å². The summed E-state index contributed by atoms with van der Waals surface area (Å²) in [5.41, 5.74) is -0.405. The van der Waals surface area contributed by atoms with E-state index in [0.29, 0.717) is 18.9 Å². The number of piperidine rings is 1. The van der Waals surface area contributed by atoms with Gasteiger partial charge in [0.25, 0.3) is 0 Å². The van der Waals surface area contributed by atoms with Crippen LogP contribution in [-0.4, -0.2) is 40.7 Å². The average Bonchev–Trinajstić information content (AvgIpc) is 2.45. The highest BCUT2D eigenvalue weighted by molar-refractivity contribution is 5.68. The van der Waals surface area contributed by atoms with Crippen LogP contribution in [0, 0.1) is 10.1 Å². The molecule has 1 aliphatic rings. The second kappa shape index (κ2) is 6.80. The number of hydrogen-bond acceptors (Lipinski definition) is 6. The van der Waals surface area contributed by atoms with E-state index in [1.165, 1.54) is 18.3 Å². The second-order valence-electron chi connectivity index (χ2n) is 6.59. The average molecular weight is 322 g/mol. The number of rotatable bonds is 3. The van der Waals surface area contributed by atoms with Gasteiger partial charge in [0, 0.05) is 24.3 Å². The van der Waals surface area contributed by atoms with Crippen LogP contribution in [0.1, 0.15) is 33.6 Å². The fourth-order valence-corrected chi connectivity index (χ4v) is 2.49. The molecule has 2 rings (SSSR count). The Morgan fingerprint density at radius 3 is 2.91 bits per heavy atom. The Balaban J connectivity index is 2.04. The molecular weight excluding hydrogens is 300 g/mol. The summed E-state index contributed by atoms with van der Waals surface area (Å²) in [6.45, 7) is 6.67. The lowest BCUT2D eigenvalue weighted by atomic mass is 10.1. The van der Waals surface area contributed by atoms with Gasteiger partial charge in [0.15, 0.2) is 0 Å². The monoisotopic (exact) mass is 322 g/mol. The van der Waals surface area contributed by atoms with Crippen LogP contribution in [0.15, 0.2) is 18.3 Å². The van der Waals surface area contributed by atoms with Gasteiger partial charge in [0.2, 0.25) is 5.82 Å². The summed E-state index contributed by atoms with van der Waals surface area (Å²) in [6, 6.07) is 2.97. The fourth-order valence-electron chi connectivity index (χ4n) is 2.49. The maximum atomic E-state index is 11.9. The number of ether oxygens (including phenoxy) is 1. The molecule has 1 fully saturated rings. The highest BCUT2D eigenvalue weighted by atomic mass is 16.6. The van der Waals surface area contributed by atoms with Crippen LogP contribution in [0.5, 0.6) is 0 Å². The topological polar surface area (TPSA) is 97.6 Å². The van der Waals surface area contributed by atoms with Crippen molar-refractivity contribution < 1.29 is 14.5 Å². The van der Waals surface area contributed by atoms with E-state index in [4.69, 9.17) is 4.74 Å². The molecule has 0 aromatic carbocycles. The van der Waals surface area contributed by atoms with Crippen molar-refractivity contribution in [3.8, 4) is 0 Å². The van der Waals surface area contributed by atoms with Crippen molar-refractivity contribution in [1.29, 1.82) is 0 Å². The maximum absolute atomic E-state index is 11.9. The van der Waals surface area contributed by atoms with E-state index < -0.39 is 11.0 Å². The predicted octanol–water partition coefficient (Wildman–Crippen LogP) is 2.48. The number of pyridine rings is 1. The zero-order chi connectivity index (χ0) is 17.0. The van der Waals surface area contributed by atoms with Gasteiger partial charge in [-0.15, -0.1) is 0 Å². The summed E-state index contributed by atoms with van der Waals surface area (Å²) in [7, 11) is 0. The third kappa shape index (κ3) is 4.80. The number of amides is 1. The first-order chi connectivity index (χ1) is 10.8. The second-order valence-corrected chi connectivity index (χ2v) is 6.59. The van der Waals surface area contributed by atoms with Crippen LogP contribution in [0.4, 0.5) is 16.3 Å². The SMILES string of the molecule is CC(C)(C)NC(=O)OC1CCCN(c2ncccc2[N+](=O)[O-])C1.